The lowest BCUT2D eigenvalue weighted by molar-refractivity contribution is 0.289. The number of methoxy groups -OCH3 is 1. The summed E-state index contributed by atoms with van der Waals surface area (Å²) in [5, 5.41) is 16.5. The summed E-state index contributed by atoms with van der Waals surface area (Å²) in [6, 6.07) is 15.4. The maximum absolute atomic E-state index is 9.08. The van der Waals surface area contributed by atoms with Crippen LogP contribution >= 0.6 is 0 Å². The zero-order valence-electron chi connectivity index (χ0n) is 25.9. The van der Waals surface area contributed by atoms with E-state index >= 15 is 0 Å². The summed E-state index contributed by atoms with van der Waals surface area (Å²) >= 11 is 0. The highest BCUT2D eigenvalue weighted by molar-refractivity contribution is 5.93. The number of aliphatic imine (C=N–C) groups is 1. The van der Waals surface area contributed by atoms with Crippen LogP contribution in [0.2, 0.25) is 0 Å². The first-order valence-corrected chi connectivity index (χ1v) is 14.3. The van der Waals surface area contributed by atoms with E-state index in [-0.39, 0.29) is 0 Å². The Morgan fingerprint density at radius 1 is 0.977 bits per heavy atom. The molecule has 0 saturated carbocycles. The van der Waals surface area contributed by atoms with Crippen LogP contribution in [0, 0.1) is 18.4 Å². The first kappa shape index (κ1) is 31.8. The van der Waals surface area contributed by atoms with Crippen molar-refractivity contribution in [3.05, 3.63) is 72.3 Å². The van der Waals surface area contributed by atoms with Gasteiger partial charge in [0.2, 0.25) is 12.2 Å². The number of aryl methyl sites for hydroxylation is 1. The van der Waals surface area contributed by atoms with Crippen molar-refractivity contribution in [1.29, 1.82) is 5.26 Å². The first-order valence-electron chi connectivity index (χ1n) is 14.3. The molecule has 0 aliphatic heterocycles. The Balaban J connectivity index is 1.40. The lowest BCUT2D eigenvalue weighted by atomic mass is 10.1. The number of anilines is 2. The minimum absolute atomic E-state index is 0.397. The van der Waals surface area contributed by atoms with Gasteiger partial charge in [0.25, 0.3) is 0 Å². The maximum atomic E-state index is 9.08. The molecule has 12 nitrogen and oxygen atoms in total. The minimum Gasteiger partial charge on any atom is -0.493 e. The van der Waals surface area contributed by atoms with Crippen LogP contribution in [0.4, 0.5) is 11.5 Å². The Labute approximate surface area is 258 Å². The van der Waals surface area contributed by atoms with E-state index in [4.69, 9.17) is 19.5 Å². The standard InChI is InChI=1S/C32H39N9O3/c1-23-17-24(10-11-28(23)44-20-25-9-6-7-12-34-25)39-31-26-18-30(29(42-5)19-27(26)37-22-38-31)43-16-8-13-35-32(36-21-33)41(4)15-14-40(2)3/h6-7,9-12,17-19,22H,8,13-16,20H2,1-5H3,(H,35,36)(H,37,38,39). The Morgan fingerprint density at radius 3 is 2.57 bits per heavy atom. The number of likely N-dealkylation sites (N-methyl/N-ethyl adjacent to an activating group) is 2. The number of nitrogens with zero attached hydrogens (tertiary/aromatic N) is 7. The third-order valence-corrected chi connectivity index (χ3v) is 6.72. The van der Waals surface area contributed by atoms with Gasteiger partial charge in [-0.05, 0) is 69.4 Å². The summed E-state index contributed by atoms with van der Waals surface area (Å²) < 4.78 is 17.7. The van der Waals surface area contributed by atoms with Crippen molar-refractivity contribution in [1.82, 2.24) is 30.1 Å². The van der Waals surface area contributed by atoms with Crippen LogP contribution in [0.5, 0.6) is 17.2 Å². The number of rotatable bonds is 14. The van der Waals surface area contributed by atoms with Crippen LogP contribution < -0.4 is 24.8 Å². The summed E-state index contributed by atoms with van der Waals surface area (Å²) in [5.74, 6) is 3.13. The maximum Gasteiger partial charge on any atom is 0.209 e. The number of hydrogen-bond donors (Lipinski definition) is 2. The van der Waals surface area contributed by atoms with Crippen molar-refractivity contribution in [2.45, 2.75) is 20.0 Å². The number of ether oxygens (including phenoxy) is 3. The molecule has 0 saturated heterocycles. The van der Waals surface area contributed by atoms with Gasteiger partial charge >= 0.3 is 0 Å². The van der Waals surface area contributed by atoms with Gasteiger partial charge in [0.1, 0.15) is 24.5 Å². The van der Waals surface area contributed by atoms with Crippen molar-refractivity contribution in [2.24, 2.45) is 4.99 Å². The van der Waals surface area contributed by atoms with Gasteiger partial charge in [-0.1, -0.05) is 6.07 Å². The summed E-state index contributed by atoms with van der Waals surface area (Å²) in [4.78, 5) is 21.2. The molecular formula is C32H39N9O3. The molecule has 2 N–H and O–H groups in total. The lowest BCUT2D eigenvalue weighted by Crippen LogP contribution is -2.42. The molecule has 0 atom stereocenters. The van der Waals surface area contributed by atoms with E-state index in [0.29, 0.717) is 49.5 Å². The Morgan fingerprint density at radius 2 is 1.84 bits per heavy atom. The zero-order chi connectivity index (χ0) is 31.3. The van der Waals surface area contributed by atoms with E-state index in [1.54, 1.807) is 13.3 Å². The molecule has 2 heterocycles. The van der Waals surface area contributed by atoms with Crippen molar-refractivity contribution in [3.63, 3.8) is 0 Å². The zero-order valence-corrected chi connectivity index (χ0v) is 25.9. The topological polar surface area (TPSA) is 133 Å². The number of nitriles is 1. The Hall–Kier alpha value is -5.15. The molecule has 0 unspecified atom stereocenters. The molecular weight excluding hydrogens is 558 g/mol. The predicted octanol–water partition coefficient (Wildman–Crippen LogP) is 4.35. The van der Waals surface area contributed by atoms with E-state index in [1.807, 2.05) is 87.7 Å². The van der Waals surface area contributed by atoms with Gasteiger partial charge < -0.3 is 34.6 Å². The summed E-state index contributed by atoms with van der Waals surface area (Å²) in [5.41, 5.74) is 3.43. The fraction of sp³-hybridized carbons (Fsp3) is 0.344. The fourth-order valence-electron chi connectivity index (χ4n) is 4.31. The smallest absolute Gasteiger partial charge is 0.209 e. The predicted molar refractivity (Wildman–Crippen MR) is 171 cm³/mol. The van der Waals surface area contributed by atoms with Crippen LogP contribution in [0.25, 0.3) is 10.9 Å². The number of guanidine groups is 1. The number of hydrogen-bond acceptors (Lipinski definition) is 10. The number of benzene rings is 2. The molecule has 0 radical (unpaired) electrons. The van der Waals surface area contributed by atoms with Gasteiger partial charge in [-0.3, -0.25) is 4.98 Å². The van der Waals surface area contributed by atoms with Gasteiger partial charge in [0.15, 0.2) is 11.5 Å². The number of pyridine rings is 1. The second-order valence-corrected chi connectivity index (χ2v) is 10.3. The highest BCUT2D eigenvalue weighted by Gasteiger charge is 2.13. The van der Waals surface area contributed by atoms with E-state index in [2.05, 4.69) is 35.5 Å². The van der Waals surface area contributed by atoms with E-state index < -0.39 is 0 Å². The van der Waals surface area contributed by atoms with Gasteiger partial charge in [0.05, 0.1) is 24.9 Å². The molecule has 4 rings (SSSR count). The van der Waals surface area contributed by atoms with Crippen LogP contribution in [0.1, 0.15) is 17.7 Å². The molecule has 2 aromatic heterocycles. The minimum atomic E-state index is 0.397. The van der Waals surface area contributed by atoms with Crippen molar-refractivity contribution < 1.29 is 14.2 Å². The second kappa shape index (κ2) is 15.9. The Bertz CT molecular complexity index is 1590. The molecule has 0 aliphatic carbocycles. The molecule has 0 spiro atoms. The number of nitrogens with one attached hydrogen (secondary N) is 2. The SMILES string of the molecule is COc1cc2ncnc(Nc3ccc(OCc4ccccn4)c(C)c3)c2cc1OCCCN/C(=N\C#N)N(C)CCN(C)C. The third-order valence-electron chi connectivity index (χ3n) is 6.72. The quantitative estimate of drug-likeness (QED) is 0.0930. The van der Waals surface area contributed by atoms with Crippen molar-refractivity contribution in [3.8, 4) is 23.4 Å². The molecule has 0 bridgehead atoms. The molecule has 12 heteroatoms. The molecule has 230 valence electrons. The Kier molecular flexibility index (Phi) is 11.5. The van der Waals surface area contributed by atoms with E-state index in [9.17, 15) is 0 Å². The second-order valence-electron chi connectivity index (χ2n) is 10.3. The normalized spacial score (nSPS) is 11.2. The lowest BCUT2D eigenvalue weighted by Gasteiger charge is -2.23. The highest BCUT2D eigenvalue weighted by atomic mass is 16.5. The fourth-order valence-corrected chi connectivity index (χ4v) is 4.31. The average Bonchev–Trinajstić information content (AvgIpc) is 3.03. The van der Waals surface area contributed by atoms with Crippen molar-refractivity contribution in [2.75, 3.05) is 59.8 Å². The molecule has 4 aromatic rings. The van der Waals surface area contributed by atoms with Crippen LogP contribution in [-0.2, 0) is 6.61 Å². The average molecular weight is 598 g/mol. The van der Waals surface area contributed by atoms with Gasteiger partial charge in [-0.15, -0.1) is 4.99 Å². The van der Waals surface area contributed by atoms with Crippen LogP contribution in [-0.4, -0.2) is 85.2 Å². The molecule has 0 aliphatic rings. The van der Waals surface area contributed by atoms with Gasteiger partial charge in [-0.2, -0.15) is 5.26 Å². The third kappa shape index (κ3) is 8.92. The highest BCUT2D eigenvalue weighted by Crippen LogP contribution is 2.35. The van der Waals surface area contributed by atoms with Gasteiger partial charge in [-0.25, -0.2) is 9.97 Å². The van der Waals surface area contributed by atoms with Gasteiger partial charge in [0, 0.05) is 50.0 Å². The van der Waals surface area contributed by atoms with E-state index in [1.165, 1.54) is 6.33 Å². The summed E-state index contributed by atoms with van der Waals surface area (Å²) in [6.07, 6.45) is 5.82. The largest absolute Gasteiger partial charge is 0.493 e. The van der Waals surface area contributed by atoms with Crippen LogP contribution in [0.15, 0.2) is 66.0 Å². The molecule has 44 heavy (non-hydrogen) atoms. The number of fused-ring (bicyclic) bond motifs is 1. The number of aromatic nitrogens is 3. The van der Waals surface area contributed by atoms with Crippen molar-refractivity contribution >= 4 is 28.4 Å². The summed E-state index contributed by atoms with van der Waals surface area (Å²) in [7, 11) is 7.52. The molecule has 2 aromatic carbocycles. The first-order chi connectivity index (χ1) is 21.4. The van der Waals surface area contributed by atoms with E-state index in [0.717, 1.165) is 46.7 Å². The summed E-state index contributed by atoms with van der Waals surface area (Å²) in [6.45, 7) is 4.99. The van der Waals surface area contributed by atoms with Crippen LogP contribution in [0.3, 0.4) is 0 Å². The molecule has 0 fully saturated rings. The molecule has 0 amide bonds. The monoisotopic (exact) mass is 597 g/mol.